The molecule has 0 amide bonds. The molecule has 1 heterocycles. The lowest BCUT2D eigenvalue weighted by Crippen LogP contribution is -2.09. The normalized spacial score (nSPS) is 16.2. The van der Waals surface area contributed by atoms with Crippen molar-refractivity contribution < 1.29 is 9.47 Å². The molecule has 0 fully saturated rings. The van der Waals surface area contributed by atoms with Gasteiger partial charge in [-0.1, -0.05) is 18.2 Å². The van der Waals surface area contributed by atoms with Crippen molar-refractivity contribution in [2.45, 2.75) is 26.4 Å². The zero-order valence-corrected chi connectivity index (χ0v) is 13.8. The number of anilines is 1. The van der Waals surface area contributed by atoms with Gasteiger partial charge in [0.1, 0.15) is 17.6 Å². The first-order chi connectivity index (χ1) is 11.2. The number of hydrogen-bond acceptors (Lipinski definition) is 4. The lowest BCUT2D eigenvalue weighted by Gasteiger charge is -2.13. The van der Waals surface area contributed by atoms with Gasteiger partial charge in [-0.15, -0.1) is 0 Å². The molecule has 2 aromatic rings. The van der Waals surface area contributed by atoms with Crippen LogP contribution >= 0.6 is 0 Å². The minimum atomic E-state index is 0.221. The molecule has 1 aliphatic rings. The van der Waals surface area contributed by atoms with Crippen molar-refractivity contribution >= 4 is 11.9 Å². The summed E-state index contributed by atoms with van der Waals surface area (Å²) in [6.07, 6.45) is 2.97. The van der Waals surface area contributed by atoms with E-state index < -0.39 is 0 Å². The van der Waals surface area contributed by atoms with Crippen molar-refractivity contribution in [3.63, 3.8) is 0 Å². The number of fused-ring (bicyclic) bond motifs is 1. The molecule has 1 aliphatic heterocycles. The van der Waals surface area contributed by atoms with E-state index in [-0.39, 0.29) is 6.10 Å². The summed E-state index contributed by atoms with van der Waals surface area (Å²) >= 11 is 0. The standard InChI is InChI=1S/C19H22N2O2/c1-4-22-18-11-15-10-14(2)23-19(15)12-16(18)13-20-21(3)17-8-6-5-7-9-17/h5-9,11-14H,4,10H2,1-3H3/b20-13-/t14-/m1/s1. The Morgan fingerprint density at radius 2 is 2.09 bits per heavy atom. The first kappa shape index (κ1) is 15.4. The highest BCUT2D eigenvalue weighted by atomic mass is 16.5. The third kappa shape index (κ3) is 3.47. The highest BCUT2D eigenvalue weighted by Gasteiger charge is 2.21. The Morgan fingerprint density at radius 3 is 2.83 bits per heavy atom. The molecular weight excluding hydrogens is 288 g/mol. The number of hydrogen-bond donors (Lipinski definition) is 0. The summed E-state index contributed by atoms with van der Waals surface area (Å²) in [6.45, 7) is 4.70. The molecule has 0 saturated carbocycles. The van der Waals surface area contributed by atoms with E-state index in [0.717, 1.165) is 29.2 Å². The lowest BCUT2D eigenvalue weighted by molar-refractivity contribution is 0.254. The molecule has 0 unspecified atom stereocenters. The van der Waals surface area contributed by atoms with Crippen LogP contribution < -0.4 is 14.5 Å². The number of benzene rings is 2. The van der Waals surface area contributed by atoms with E-state index >= 15 is 0 Å². The zero-order chi connectivity index (χ0) is 16.2. The lowest BCUT2D eigenvalue weighted by atomic mass is 10.1. The van der Waals surface area contributed by atoms with Crippen molar-refractivity contribution in [2.75, 3.05) is 18.7 Å². The quantitative estimate of drug-likeness (QED) is 0.621. The fraction of sp³-hybridized carbons (Fsp3) is 0.316. The zero-order valence-electron chi connectivity index (χ0n) is 13.8. The van der Waals surface area contributed by atoms with Crippen LogP contribution in [-0.2, 0) is 6.42 Å². The van der Waals surface area contributed by atoms with Crippen molar-refractivity contribution in [3.8, 4) is 11.5 Å². The van der Waals surface area contributed by atoms with Gasteiger partial charge in [0.15, 0.2) is 0 Å². The van der Waals surface area contributed by atoms with E-state index in [1.54, 1.807) is 0 Å². The van der Waals surface area contributed by atoms with Crippen molar-refractivity contribution in [1.82, 2.24) is 0 Å². The Kier molecular flexibility index (Phi) is 4.51. The maximum absolute atomic E-state index is 5.84. The molecule has 4 heteroatoms. The van der Waals surface area contributed by atoms with Crippen LogP contribution in [0, 0.1) is 0 Å². The van der Waals surface area contributed by atoms with Crippen LogP contribution in [-0.4, -0.2) is 26.0 Å². The van der Waals surface area contributed by atoms with E-state index in [2.05, 4.69) is 18.1 Å². The summed E-state index contributed by atoms with van der Waals surface area (Å²) in [6, 6.07) is 14.1. The van der Waals surface area contributed by atoms with Crippen LogP contribution in [0.15, 0.2) is 47.6 Å². The average Bonchev–Trinajstić information content (AvgIpc) is 2.92. The molecule has 23 heavy (non-hydrogen) atoms. The second-order valence-corrected chi connectivity index (χ2v) is 5.67. The Morgan fingerprint density at radius 1 is 1.30 bits per heavy atom. The third-order valence-corrected chi connectivity index (χ3v) is 3.83. The van der Waals surface area contributed by atoms with Crippen LogP contribution in [0.3, 0.4) is 0 Å². The summed E-state index contributed by atoms with van der Waals surface area (Å²) in [4.78, 5) is 0. The number of hydrazone groups is 1. The van der Waals surface area contributed by atoms with Crippen molar-refractivity contribution in [1.29, 1.82) is 0 Å². The molecule has 2 aromatic carbocycles. The fourth-order valence-corrected chi connectivity index (χ4v) is 2.70. The smallest absolute Gasteiger partial charge is 0.128 e. The predicted molar refractivity (Wildman–Crippen MR) is 93.8 cm³/mol. The fourth-order valence-electron chi connectivity index (χ4n) is 2.70. The molecule has 120 valence electrons. The summed E-state index contributed by atoms with van der Waals surface area (Å²) in [7, 11) is 1.93. The van der Waals surface area contributed by atoms with Gasteiger partial charge in [0, 0.05) is 24.6 Å². The van der Waals surface area contributed by atoms with Gasteiger partial charge in [-0.2, -0.15) is 5.10 Å². The predicted octanol–water partition coefficient (Wildman–Crippen LogP) is 3.88. The summed E-state index contributed by atoms with van der Waals surface area (Å²) in [5.41, 5.74) is 3.17. The molecule has 0 saturated heterocycles. The monoisotopic (exact) mass is 310 g/mol. The number of rotatable bonds is 5. The van der Waals surface area contributed by atoms with E-state index in [0.29, 0.717) is 6.61 Å². The Hall–Kier alpha value is -2.49. The number of ether oxygens (including phenoxy) is 2. The third-order valence-electron chi connectivity index (χ3n) is 3.83. The highest BCUT2D eigenvalue weighted by molar-refractivity contribution is 5.85. The molecule has 0 N–H and O–H groups in total. The molecule has 0 spiro atoms. The van der Waals surface area contributed by atoms with E-state index in [4.69, 9.17) is 9.47 Å². The SMILES string of the molecule is CCOc1cc2c(cc1/C=N\N(C)c1ccccc1)O[C@H](C)C2. The van der Waals surface area contributed by atoms with Gasteiger partial charge in [0.05, 0.1) is 18.5 Å². The van der Waals surface area contributed by atoms with Gasteiger partial charge in [-0.05, 0) is 38.1 Å². The van der Waals surface area contributed by atoms with Gasteiger partial charge in [0.2, 0.25) is 0 Å². The van der Waals surface area contributed by atoms with Crippen LogP contribution in [0.5, 0.6) is 11.5 Å². The van der Waals surface area contributed by atoms with Gasteiger partial charge in [-0.25, -0.2) is 0 Å². The summed E-state index contributed by atoms with van der Waals surface area (Å²) < 4.78 is 11.6. The Bertz CT molecular complexity index is 698. The van der Waals surface area contributed by atoms with Gasteiger partial charge < -0.3 is 9.47 Å². The Balaban J connectivity index is 1.87. The molecule has 0 aliphatic carbocycles. The average molecular weight is 310 g/mol. The van der Waals surface area contributed by atoms with Crippen LogP contribution in [0.25, 0.3) is 0 Å². The summed E-state index contributed by atoms with van der Waals surface area (Å²) in [5.74, 6) is 1.79. The molecule has 1 atom stereocenters. The number of nitrogens with zero attached hydrogens (tertiary/aromatic N) is 2. The van der Waals surface area contributed by atoms with Gasteiger partial charge in [0.25, 0.3) is 0 Å². The van der Waals surface area contributed by atoms with Gasteiger partial charge in [-0.3, -0.25) is 5.01 Å². The van der Waals surface area contributed by atoms with Crippen molar-refractivity contribution in [2.24, 2.45) is 5.10 Å². The first-order valence-electron chi connectivity index (χ1n) is 7.96. The second kappa shape index (κ2) is 6.73. The van der Waals surface area contributed by atoms with E-state index in [1.807, 2.05) is 61.6 Å². The Labute approximate surface area is 137 Å². The molecule has 4 nitrogen and oxygen atoms in total. The minimum Gasteiger partial charge on any atom is -0.493 e. The maximum Gasteiger partial charge on any atom is 0.128 e. The topological polar surface area (TPSA) is 34.1 Å². The van der Waals surface area contributed by atoms with Crippen LogP contribution in [0.2, 0.25) is 0 Å². The van der Waals surface area contributed by atoms with E-state index in [1.165, 1.54) is 5.56 Å². The van der Waals surface area contributed by atoms with E-state index in [9.17, 15) is 0 Å². The van der Waals surface area contributed by atoms with Crippen LogP contribution in [0.4, 0.5) is 5.69 Å². The number of para-hydroxylation sites is 1. The highest BCUT2D eigenvalue weighted by Crippen LogP contribution is 2.34. The first-order valence-corrected chi connectivity index (χ1v) is 7.96. The molecular formula is C19H22N2O2. The van der Waals surface area contributed by atoms with Gasteiger partial charge >= 0.3 is 0 Å². The molecule has 0 aromatic heterocycles. The van der Waals surface area contributed by atoms with Crippen molar-refractivity contribution in [3.05, 3.63) is 53.6 Å². The van der Waals surface area contributed by atoms with Crippen LogP contribution in [0.1, 0.15) is 25.0 Å². The molecule has 0 radical (unpaired) electrons. The molecule has 3 rings (SSSR count). The molecule has 0 bridgehead atoms. The largest absolute Gasteiger partial charge is 0.493 e. The second-order valence-electron chi connectivity index (χ2n) is 5.67. The maximum atomic E-state index is 5.84. The minimum absolute atomic E-state index is 0.221. The summed E-state index contributed by atoms with van der Waals surface area (Å²) in [5, 5.41) is 6.36.